The molecule has 2 heterocycles. The Bertz CT molecular complexity index is 1300. The highest BCUT2D eigenvalue weighted by atomic mass is 32.2. The molecule has 10 heteroatoms. The zero-order chi connectivity index (χ0) is 22.1. The van der Waals surface area contributed by atoms with E-state index in [9.17, 15) is 16.8 Å². The number of benzene rings is 2. The maximum atomic E-state index is 13.3. The normalized spacial score (nSPS) is 16.9. The van der Waals surface area contributed by atoms with Crippen molar-refractivity contribution < 1.29 is 21.3 Å². The van der Waals surface area contributed by atoms with E-state index in [4.69, 9.17) is 4.42 Å². The molecule has 1 aliphatic rings. The zero-order valence-electron chi connectivity index (χ0n) is 16.7. The van der Waals surface area contributed by atoms with Crippen molar-refractivity contribution in [3.8, 4) is 0 Å². The molecule has 1 aliphatic heterocycles. The molecule has 0 amide bonds. The number of hydrogen-bond acceptors (Lipinski definition) is 6. The van der Waals surface area contributed by atoms with Gasteiger partial charge in [0.25, 0.3) is 10.0 Å². The molecule has 0 spiro atoms. The third-order valence-corrected chi connectivity index (χ3v) is 7.88. The Labute approximate surface area is 181 Å². The molecule has 1 atom stereocenters. The first-order valence-corrected chi connectivity index (χ1v) is 12.7. The number of hydrogen-bond donors (Lipinski definition) is 1. The van der Waals surface area contributed by atoms with Gasteiger partial charge in [0.05, 0.1) is 22.6 Å². The summed E-state index contributed by atoms with van der Waals surface area (Å²) in [6.07, 6.45) is 1.77. The number of nitrogens with one attached hydrogen (secondary N) is 1. The van der Waals surface area contributed by atoms with Crippen LogP contribution in [0.4, 0.5) is 5.69 Å². The summed E-state index contributed by atoms with van der Waals surface area (Å²) >= 11 is 0. The Morgan fingerprint density at radius 2 is 1.81 bits per heavy atom. The summed E-state index contributed by atoms with van der Waals surface area (Å²) in [6.45, 7) is 1.55. The van der Waals surface area contributed by atoms with Gasteiger partial charge in [0, 0.05) is 12.1 Å². The van der Waals surface area contributed by atoms with Gasteiger partial charge in [-0.15, -0.1) is 0 Å². The fourth-order valence-electron chi connectivity index (χ4n) is 3.29. The molecule has 0 fully saturated rings. The van der Waals surface area contributed by atoms with Crippen LogP contribution in [0.25, 0.3) is 0 Å². The summed E-state index contributed by atoms with van der Waals surface area (Å²) < 4.78 is 59.5. The van der Waals surface area contributed by atoms with Crippen LogP contribution in [0.1, 0.15) is 30.7 Å². The average molecular weight is 460 g/mol. The van der Waals surface area contributed by atoms with E-state index in [0.29, 0.717) is 22.7 Å². The Morgan fingerprint density at radius 1 is 1.03 bits per heavy atom. The molecule has 0 unspecified atom stereocenters. The van der Waals surface area contributed by atoms with E-state index in [1.807, 2.05) is 0 Å². The van der Waals surface area contributed by atoms with Crippen molar-refractivity contribution in [1.29, 1.82) is 0 Å². The number of furan rings is 1. The molecule has 1 aromatic heterocycles. The first kappa shape index (κ1) is 21.1. The van der Waals surface area contributed by atoms with E-state index in [-0.39, 0.29) is 17.1 Å². The lowest BCUT2D eigenvalue weighted by atomic mass is 10.0. The topological polar surface area (TPSA) is 109 Å². The summed E-state index contributed by atoms with van der Waals surface area (Å²) in [7, 11) is -7.36. The van der Waals surface area contributed by atoms with Gasteiger partial charge in [-0.25, -0.2) is 8.42 Å². The summed E-state index contributed by atoms with van der Waals surface area (Å²) in [4.78, 5) is 0.126. The predicted octanol–water partition coefficient (Wildman–Crippen LogP) is 3.58. The van der Waals surface area contributed by atoms with E-state index < -0.39 is 26.1 Å². The monoisotopic (exact) mass is 459 g/mol. The lowest BCUT2D eigenvalue weighted by Crippen LogP contribution is -2.27. The molecular weight excluding hydrogens is 438 g/mol. The van der Waals surface area contributed by atoms with Crippen molar-refractivity contribution in [2.24, 2.45) is 5.10 Å². The minimum atomic E-state index is -3.92. The smallest absolute Gasteiger partial charge is 0.279 e. The van der Waals surface area contributed by atoms with Crippen molar-refractivity contribution in [3.05, 3.63) is 84.3 Å². The molecule has 31 heavy (non-hydrogen) atoms. The van der Waals surface area contributed by atoms with Crippen molar-refractivity contribution in [3.63, 3.8) is 0 Å². The molecule has 0 aliphatic carbocycles. The van der Waals surface area contributed by atoms with E-state index in [2.05, 4.69) is 9.82 Å². The second-order valence-corrected chi connectivity index (χ2v) is 10.8. The van der Waals surface area contributed by atoms with E-state index >= 15 is 0 Å². The lowest BCUT2D eigenvalue weighted by Gasteiger charge is -2.21. The predicted molar refractivity (Wildman–Crippen MR) is 118 cm³/mol. The zero-order valence-corrected chi connectivity index (χ0v) is 18.3. The number of rotatable bonds is 7. The molecule has 0 saturated carbocycles. The Kier molecular flexibility index (Phi) is 5.59. The van der Waals surface area contributed by atoms with Crippen LogP contribution in [-0.4, -0.2) is 32.7 Å². The molecule has 0 bridgehead atoms. The molecule has 3 aromatic rings. The van der Waals surface area contributed by atoms with Crippen LogP contribution in [0.15, 0.2) is 87.4 Å². The minimum absolute atomic E-state index is 0.0537. The molecule has 2 aromatic carbocycles. The maximum Gasteiger partial charge on any atom is 0.279 e. The van der Waals surface area contributed by atoms with Crippen LogP contribution in [0.3, 0.4) is 0 Å². The molecule has 0 radical (unpaired) electrons. The first-order valence-electron chi connectivity index (χ1n) is 9.61. The van der Waals surface area contributed by atoms with Gasteiger partial charge < -0.3 is 4.42 Å². The second-order valence-electron chi connectivity index (χ2n) is 6.96. The van der Waals surface area contributed by atoms with Crippen molar-refractivity contribution in [2.45, 2.75) is 24.3 Å². The van der Waals surface area contributed by atoms with Gasteiger partial charge in [-0.05, 0) is 48.9 Å². The highest BCUT2D eigenvalue weighted by Crippen LogP contribution is 2.37. The summed E-state index contributed by atoms with van der Waals surface area (Å²) in [5, 5.41) is 4.43. The number of anilines is 1. The first-order chi connectivity index (χ1) is 14.8. The Balaban J connectivity index is 1.74. The summed E-state index contributed by atoms with van der Waals surface area (Å²) in [5.41, 5.74) is 1.53. The lowest BCUT2D eigenvalue weighted by molar-refractivity contribution is 0.320. The van der Waals surface area contributed by atoms with Crippen LogP contribution in [0.2, 0.25) is 0 Å². The Morgan fingerprint density at radius 3 is 2.48 bits per heavy atom. The van der Waals surface area contributed by atoms with Crippen molar-refractivity contribution in [1.82, 2.24) is 4.41 Å². The second kappa shape index (κ2) is 8.20. The van der Waals surface area contributed by atoms with Gasteiger partial charge in [-0.3, -0.25) is 4.72 Å². The Hall–Kier alpha value is -3.11. The van der Waals surface area contributed by atoms with Crippen molar-refractivity contribution >= 4 is 31.4 Å². The quantitative estimate of drug-likeness (QED) is 0.581. The summed E-state index contributed by atoms with van der Waals surface area (Å²) in [6, 6.07) is 17.6. The van der Waals surface area contributed by atoms with E-state index in [1.54, 1.807) is 61.5 Å². The highest BCUT2D eigenvalue weighted by Gasteiger charge is 2.39. The van der Waals surface area contributed by atoms with Crippen LogP contribution < -0.4 is 4.72 Å². The van der Waals surface area contributed by atoms with Gasteiger partial charge in [-0.1, -0.05) is 30.3 Å². The van der Waals surface area contributed by atoms with Gasteiger partial charge in [-0.2, -0.15) is 17.9 Å². The minimum Gasteiger partial charge on any atom is -0.467 e. The van der Waals surface area contributed by atoms with E-state index in [0.717, 1.165) is 4.41 Å². The van der Waals surface area contributed by atoms with Gasteiger partial charge >= 0.3 is 0 Å². The molecule has 0 saturated heterocycles. The van der Waals surface area contributed by atoms with E-state index in [1.165, 1.54) is 18.4 Å². The fraction of sp³-hybridized carbons (Fsp3) is 0.190. The SMILES string of the molecule is CCS(=O)(=O)Nc1cccc(C2=NN(S(=O)(=O)c3ccccc3)[C@@H](c3ccco3)C2)c1. The molecule has 8 nitrogen and oxygen atoms in total. The van der Waals surface area contributed by atoms with Crippen molar-refractivity contribution in [2.75, 3.05) is 10.5 Å². The number of sulfonamides is 2. The molecule has 4 rings (SSSR count). The standard InChI is InChI=1S/C21H21N3O5S2/c1-2-30(25,26)23-17-9-6-8-16(14-17)19-15-20(21-12-7-13-29-21)24(22-19)31(27,28)18-10-4-3-5-11-18/h3-14,20,23H,2,15H2,1H3/t20-/m1/s1. The van der Waals surface area contributed by atoms with Crippen LogP contribution in [0.5, 0.6) is 0 Å². The average Bonchev–Trinajstić information content (AvgIpc) is 3.44. The van der Waals surface area contributed by atoms with Crippen LogP contribution in [0, 0.1) is 0 Å². The van der Waals surface area contributed by atoms with Gasteiger partial charge in [0.15, 0.2) is 0 Å². The highest BCUT2D eigenvalue weighted by molar-refractivity contribution is 7.92. The number of nitrogens with zero attached hydrogens (tertiary/aromatic N) is 2. The molecule has 162 valence electrons. The largest absolute Gasteiger partial charge is 0.467 e. The van der Waals surface area contributed by atoms with Crippen LogP contribution >= 0.6 is 0 Å². The summed E-state index contributed by atoms with van der Waals surface area (Å²) in [5.74, 6) is 0.420. The maximum absolute atomic E-state index is 13.3. The molecule has 1 N–H and O–H groups in total. The van der Waals surface area contributed by atoms with Gasteiger partial charge in [0.1, 0.15) is 11.8 Å². The number of hydrazone groups is 1. The third kappa shape index (κ3) is 4.35. The fourth-order valence-corrected chi connectivity index (χ4v) is 5.36. The third-order valence-electron chi connectivity index (χ3n) is 4.88. The van der Waals surface area contributed by atoms with Crippen LogP contribution in [-0.2, 0) is 20.0 Å². The van der Waals surface area contributed by atoms with Gasteiger partial charge in [0.2, 0.25) is 10.0 Å². The molecular formula is C21H21N3O5S2.